The largest absolute Gasteiger partial charge is 0.155 e. The molecule has 0 amide bonds. The maximum atomic E-state index is 5.33. The van der Waals surface area contributed by atoms with Crippen LogP contribution in [0.1, 0.15) is 5.69 Å². The summed E-state index contributed by atoms with van der Waals surface area (Å²) >= 11 is 2.12. The predicted molar refractivity (Wildman–Crippen MR) is 49.0 cm³/mol. The van der Waals surface area contributed by atoms with E-state index < -0.39 is 0 Å². The summed E-state index contributed by atoms with van der Waals surface area (Å²) in [5.41, 5.74) is 0.961. The van der Waals surface area contributed by atoms with Crippen LogP contribution in [-0.4, -0.2) is 18.0 Å². The molecule has 0 fully saturated rings. The van der Waals surface area contributed by atoms with Crippen LogP contribution in [-0.2, 0) is 6.42 Å². The van der Waals surface area contributed by atoms with E-state index in [1.54, 1.807) is 0 Å². The molecule has 4 heteroatoms. The lowest BCUT2D eigenvalue weighted by atomic mass is 10.0. The van der Waals surface area contributed by atoms with Gasteiger partial charge in [-0.15, -0.1) is 5.10 Å². The van der Waals surface area contributed by atoms with Gasteiger partial charge in [0.05, 0.1) is 13.5 Å². The topological polar surface area (TPSA) is 25.8 Å². The van der Waals surface area contributed by atoms with Crippen LogP contribution in [0, 0.1) is 3.70 Å². The summed E-state index contributed by atoms with van der Waals surface area (Å²) in [4.78, 5) is 0. The Hall–Kier alpha value is -0.125. The lowest BCUT2D eigenvalue weighted by molar-refractivity contribution is 0.902. The molecule has 2 radical (unpaired) electrons. The first-order valence-corrected chi connectivity index (χ1v) is 4.09. The van der Waals surface area contributed by atoms with Crippen molar-refractivity contribution in [2.75, 3.05) is 0 Å². The molecule has 0 aromatic carbocycles. The zero-order valence-electron chi connectivity index (χ0n) is 5.42. The van der Waals surface area contributed by atoms with Crippen molar-refractivity contribution in [1.29, 1.82) is 0 Å². The molecule has 0 aliphatic carbocycles. The number of hydrogen-bond acceptors (Lipinski definition) is 2. The molecular formula is C6H6BIN2. The Bertz CT molecular complexity index is 199. The Labute approximate surface area is 75.0 Å². The van der Waals surface area contributed by atoms with Crippen molar-refractivity contribution in [3.05, 3.63) is 21.5 Å². The second-order valence-electron chi connectivity index (χ2n) is 1.89. The zero-order chi connectivity index (χ0) is 7.40. The summed E-state index contributed by atoms with van der Waals surface area (Å²) in [5.74, 6) is 0. The second kappa shape index (κ2) is 3.90. The van der Waals surface area contributed by atoms with Gasteiger partial charge in [-0.1, -0.05) is 6.32 Å². The maximum absolute atomic E-state index is 5.33. The van der Waals surface area contributed by atoms with Crippen molar-refractivity contribution < 1.29 is 0 Å². The average molecular weight is 244 g/mol. The lowest BCUT2D eigenvalue weighted by Crippen LogP contribution is -1.93. The smallest absolute Gasteiger partial charge is 0.124 e. The van der Waals surface area contributed by atoms with E-state index in [2.05, 4.69) is 32.8 Å². The fourth-order valence-electron chi connectivity index (χ4n) is 0.625. The van der Waals surface area contributed by atoms with Gasteiger partial charge in [0.2, 0.25) is 0 Å². The highest BCUT2D eigenvalue weighted by molar-refractivity contribution is 14.1. The van der Waals surface area contributed by atoms with Crippen LogP contribution in [0.3, 0.4) is 0 Å². The van der Waals surface area contributed by atoms with Gasteiger partial charge in [0.1, 0.15) is 3.70 Å². The molecule has 1 aromatic rings. The first-order valence-electron chi connectivity index (χ1n) is 3.01. The highest BCUT2D eigenvalue weighted by atomic mass is 127. The summed E-state index contributed by atoms with van der Waals surface area (Å²) in [6.45, 7) is 0. The van der Waals surface area contributed by atoms with Crippen LogP contribution in [0.4, 0.5) is 0 Å². The van der Waals surface area contributed by atoms with Crippen molar-refractivity contribution in [3.8, 4) is 0 Å². The molecule has 2 nitrogen and oxygen atoms in total. The molecule has 0 spiro atoms. The molecule has 0 saturated heterocycles. The summed E-state index contributed by atoms with van der Waals surface area (Å²) in [6.07, 6.45) is 1.44. The van der Waals surface area contributed by atoms with Gasteiger partial charge >= 0.3 is 0 Å². The van der Waals surface area contributed by atoms with Crippen LogP contribution in [0.15, 0.2) is 12.1 Å². The van der Waals surface area contributed by atoms with Crippen molar-refractivity contribution in [2.45, 2.75) is 12.7 Å². The van der Waals surface area contributed by atoms with Crippen molar-refractivity contribution in [2.24, 2.45) is 0 Å². The van der Waals surface area contributed by atoms with Gasteiger partial charge in [-0.2, -0.15) is 5.10 Å². The third kappa shape index (κ3) is 2.25. The molecule has 1 rings (SSSR count). The normalized spacial score (nSPS) is 9.70. The first-order chi connectivity index (χ1) is 4.83. The van der Waals surface area contributed by atoms with E-state index in [9.17, 15) is 0 Å². The fourth-order valence-corrected chi connectivity index (χ4v) is 0.912. The molecule has 1 heterocycles. The van der Waals surface area contributed by atoms with Gasteiger partial charge in [-0.25, -0.2) is 0 Å². The predicted octanol–water partition coefficient (Wildman–Crippen LogP) is 1.21. The highest BCUT2D eigenvalue weighted by Crippen LogP contribution is 2.00. The third-order valence-corrected chi connectivity index (χ3v) is 1.66. The van der Waals surface area contributed by atoms with Crippen molar-refractivity contribution >= 4 is 30.4 Å². The molecule has 0 atom stereocenters. The summed E-state index contributed by atoms with van der Waals surface area (Å²) in [5, 5.41) is 7.81. The molecule has 0 bridgehead atoms. The molecule has 50 valence electrons. The number of hydrogen-bond donors (Lipinski definition) is 0. The molecule has 0 aliphatic rings. The third-order valence-electron chi connectivity index (χ3n) is 1.09. The molecule has 0 aliphatic heterocycles. The van der Waals surface area contributed by atoms with Crippen LogP contribution in [0.2, 0.25) is 6.32 Å². The average Bonchev–Trinajstić information content (AvgIpc) is 1.95. The minimum absolute atomic E-state index is 0.634. The number of aryl methyl sites for hydroxylation is 1. The number of rotatable bonds is 2. The summed E-state index contributed by atoms with van der Waals surface area (Å²) in [7, 11) is 5.33. The minimum atomic E-state index is 0.634. The van der Waals surface area contributed by atoms with Crippen LogP contribution in [0.5, 0.6) is 0 Å². The van der Waals surface area contributed by atoms with E-state index >= 15 is 0 Å². The number of nitrogens with zero attached hydrogens (tertiary/aromatic N) is 2. The molecule has 10 heavy (non-hydrogen) atoms. The van der Waals surface area contributed by atoms with E-state index in [4.69, 9.17) is 7.85 Å². The Balaban J connectivity index is 2.69. The van der Waals surface area contributed by atoms with E-state index in [1.165, 1.54) is 0 Å². The quantitative estimate of drug-likeness (QED) is 0.577. The molecular weight excluding hydrogens is 238 g/mol. The second-order valence-corrected chi connectivity index (χ2v) is 2.99. The lowest BCUT2D eigenvalue weighted by Gasteiger charge is -1.94. The van der Waals surface area contributed by atoms with Gasteiger partial charge in [0, 0.05) is 0 Å². The standard InChI is InChI=1S/C6H6BIN2/c7-4-3-5-1-2-6(8)10-9-5/h1-2H,3-4H2. The van der Waals surface area contributed by atoms with Gasteiger partial charge in [-0.3, -0.25) is 0 Å². The SMILES string of the molecule is [B]CCc1ccc(I)nn1. The van der Waals surface area contributed by atoms with Gasteiger partial charge < -0.3 is 0 Å². The van der Waals surface area contributed by atoms with Crippen molar-refractivity contribution in [3.63, 3.8) is 0 Å². The first kappa shape index (κ1) is 7.98. The zero-order valence-corrected chi connectivity index (χ0v) is 7.58. The van der Waals surface area contributed by atoms with E-state index in [0.29, 0.717) is 6.32 Å². The van der Waals surface area contributed by atoms with E-state index in [1.807, 2.05) is 12.1 Å². The molecule has 1 aromatic heterocycles. The fraction of sp³-hybridized carbons (Fsp3) is 0.333. The number of aromatic nitrogens is 2. The maximum Gasteiger partial charge on any atom is 0.124 e. The van der Waals surface area contributed by atoms with Gasteiger partial charge in [-0.05, 0) is 41.1 Å². The summed E-state index contributed by atoms with van der Waals surface area (Å²) in [6, 6.07) is 3.88. The Morgan fingerprint density at radius 1 is 1.40 bits per heavy atom. The van der Waals surface area contributed by atoms with E-state index in [0.717, 1.165) is 15.8 Å². The Morgan fingerprint density at radius 3 is 2.70 bits per heavy atom. The van der Waals surface area contributed by atoms with Crippen molar-refractivity contribution in [1.82, 2.24) is 10.2 Å². The minimum Gasteiger partial charge on any atom is -0.155 e. The van der Waals surface area contributed by atoms with E-state index in [-0.39, 0.29) is 0 Å². The summed E-state index contributed by atoms with van der Waals surface area (Å²) < 4.78 is 0.915. The number of halogens is 1. The molecule has 0 unspecified atom stereocenters. The van der Waals surface area contributed by atoms with Gasteiger partial charge in [0.15, 0.2) is 0 Å². The van der Waals surface area contributed by atoms with Crippen LogP contribution < -0.4 is 0 Å². The molecule has 0 saturated carbocycles. The Kier molecular flexibility index (Phi) is 3.11. The van der Waals surface area contributed by atoms with Crippen LogP contribution in [0.25, 0.3) is 0 Å². The van der Waals surface area contributed by atoms with Gasteiger partial charge in [0.25, 0.3) is 0 Å². The monoisotopic (exact) mass is 244 g/mol. The highest BCUT2D eigenvalue weighted by Gasteiger charge is 1.91. The Morgan fingerprint density at radius 2 is 2.20 bits per heavy atom. The van der Waals surface area contributed by atoms with Crippen LogP contribution >= 0.6 is 22.6 Å². The molecule has 0 N–H and O–H groups in total.